The van der Waals surface area contributed by atoms with Crippen molar-refractivity contribution in [3.05, 3.63) is 36.0 Å². The molecule has 2 saturated heterocycles. The summed E-state index contributed by atoms with van der Waals surface area (Å²) < 4.78 is 16.8. The molecular weight excluding hydrogens is 382 g/mol. The molecule has 0 unspecified atom stereocenters. The van der Waals surface area contributed by atoms with Crippen molar-refractivity contribution in [2.75, 3.05) is 62.8 Å². The number of likely N-dealkylation sites (tertiary alicyclic amines) is 1. The fourth-order valence-electron chi connectivity index (χ4n) is 4.23. The molecule has 1 N–H and O–H groups in total. The van der Waals surface area contributed by atoms with Gasteiger partial charge in [0.2, 0.25) is 5.95 Å². The first-order valence-corrected chi connectivity index (χ1v) is 10.9. The maximum atomic E-state index is 5.71. The number of nitrogens with zero attached hydrogens (tertiary/aromatic N) is 4. The summed E-state index contributed by atoms with van der Waals surface area (Å²) in [5.41, 5.74) is 1.27. The van der Waals surface area contributed by atoms with Gasteiger partial charge in [-0.1, -0.05) is 6.07 Å². The van der Waals surface area contributed by atoms with Crippen LogP contribution in [0.25, 0.3) is 0 Å². The van der Waals surface area contributed by atoms with Crippen molar-refractivity contribution >= 4 is 11.8 Å². The summed E-state index contributed by atoms with van der Waals surface area (Å²) in [5, 5.41) is 3.61. The number of fused-ring (bicyclic) bond motifs is 1. The fraction of sp³-hybridized carbons (Fsp3) is 0.545. The van der Waals surface area contributed by atoms with Crippen LogP contribution in [0.4, 0.5) is 11.8 Å². The van der Waals surface area contributed by atoms with E-state index in [0.717, 1.165) is 82.0 Å². The minimum absolute atomic E-state index is 0.439. The van der Waals surface area contributed by atoms with Gasteiger partial charge in [0.05, 0.1) is 13.2 Å². The Morgan fingerprint density at radius 2 is 1.73 bits per heavy atom. The normalized spacial score (nSPS) is 20.2. The van der Waals surface area contributed by atoms with Crippen LogP contribution in [-0.2, 0) is 11.3 Å². The average Bonchev–Trinajstić information content (AvgIpc) is 2.81. The van der Waals surface area contributed by atoms with E-state index in [9.17, 15) is 0 Å². The van der Waals surface area contributed by atoms with Crippen LogP contribution < -0.4 is 19.7 Å². The van der Waals surface area contributed by atoms with Gasteiger partial charge in [-0.25, -0.2) is 4.98 Å². The third kappa shape index (κ3) is 4.60. The van der Waals surface area contributed by atoms with Gasteiger partial charge in [0, 0.05) is 45.0 Å². The molecule has 8 nitrogen and oxygen atoms in total. The first-order valence-electron chi connectivity index (χ1n) is 10.9. The second kappa shape index (κ2) is 9.06. The summed E-state index contributed by atoms with van der Waals surface area (Å²) in [6.45, 7) is 7.51. The van der Waals surface area contributed by atoms with Gasteiger partial charge < -0.3 is 24.4 Å². The summed E-state index contributed by atoms with van der Waals surface area (Å²) in [6, 6.07) is 8.69. The molecule has 8 heteroatoms. The number of nitrogens with one attached hydrogen (secondary N) is 1. The molecular formula is C22H29N5O3. The van der Waals surface area contributed by atoms with E-state index >= 15 is 0 Å². The molecule has 0 radical (unpaired) electrons. The summed E-state index contributed by atoms with van der Waals surface area (Å²) in [5.74, 6) is 3.43. The van der Waals surface area contributed by atoms with Crippen LogP contribution in [0.3, 0.4) is 0 Å². The molecule has 30 heavy (non-hydrogen) atoms. The first kappa shape index (κ1) is 19.4. The van der Waals surface area contributed by atoms with Gasteiger partial charge in [0.25, 0.3) is 0 Å². The Morgan fingerprint density at radius 1 is 0.933 bits per heavy atom. The molecule has 3 aliphatic heterocycles. The topological polar surface area (TPSA) is 72.0 Å². The van der Waals surface area contributed by atoms with E-state index in [1.807, 2.05) is 18.3 Å². The Morgan fingerprint density at radius 3 is 2.57 bits per heavy atom. The fourth-order valence-corrected chi connectivity index (χ4v) is 4.23. The molecule has 0 bridgehead atoms. The number of morpholine rings is 1. The molecule has 0 saturated carbocycles. The van der Waals surface area contributed by atoms with E-state index in [1.54, 1.807) is 0 Å². The number of ether oxygens (including phenoxy) is 3. The highest BCUT2D eigenvalue weighted by Crippen LogP contribution is 2.31. The van der Waals surface area contributed by atoms with Crippen LogP contribution in [0.2, 0.25) is 0 Å². The Balaban J connectivity index is 1.13. The van der Waals surface area contributed by atoms with Crippen molar-refractivity contribution in [3.63, 3.8) is 0 Å². The molecule has 2 aromatic rings. The quantitative estimate of drug-likeness (QED) is 0.803. The smallest absolute Gasteiger partial charge is 0.227 e. The van der Waals surface area contributed by atoms with Crippen molar-refractivity contribution in [1.29, 1.82) is 0 Å². The standard InChI is InChI=1S/C22H29N5O3/c1-2-19-20(30-14-13-29-19)15-17(1)16-26-7-4-18(5-8-26)24-21-3-6-23-22(25-21)27-9-11-28-12-10-27/h1-3,6,15,18H,4-5,7-14,16H2,(H,23,24,25). The van der Waals surface area contributed by atoms with E-state index < -0.39 is 0 Å². The van der Waals surface area contributed by atoms with E-state index in [4.69, 9.17) is 19.2 Å². The Bertz CT molecular complexity index is 850. The van der Waals surface area contributed by atoms with Crippen LogP contribution in [-0.4, -0.2) is 73.5 Å². The lowest BCUT2D eigenvalue weighted by molar-refractivity contribution is 0.122. The summed E-state index contributed by atoms with van der Waals surface area (Å²) in [4.78, 5) is 13.9. The Labute approximate surface area is 177 Å². The van der Waals surface area contributed by atoms with E-state index in [1.165, 1.54) is 5.56 Å². The monoisotopic (exact) mass is 411 g/mol. The molecule has 1 aromatic heterocycles. The van der Waals surface area contributed by atoms with Crippen LogP contribution in [0.15, 0.2) is 30.5 Å². The SMILES string of the molecule is c1cc(NC2CCN(Cc3ccc4c(c3)OCCO4)CC2)nc(N2CCOCC2)n1. The number of benzene rings is 1. The molecule has 0 amide bonds. The van der Waals surface area contributed by atoms with E-state index in [-0.39, 0.29) is 0 Å². The highest BCUT2D eigenvalue weighted by molar-refractivity contribution is 5.44. The van der Waals surface area contributed by atoms with Crippen LogP contribution >= 0.6 is 0 Å². The summed E-state index contributed by atoms with van der Waals surface area (Å²) >= 11 is 0. The van der Waals surface area contributed by atoms with Gasteiger partial charge in [0.1, 0.15) is 19.0 Å². The maximum Gasteiger partial charge on any atom is 0.227 e. The van der Waals surface area contributed by atoms with Crippen molar-refractivity contribution in [1.82, 2.24) is 14.9 Å². The number of hydrogen-bond donors (Lipinski definition) is 1. The van der Waals surface area contributed by atoms with Gasteiger partial charge in [-0.15, -0.1) is 0 Å². The first-order chi connectivity index (χ1) is 14.8. The summed E-state index contributed by atoms with van der Waals surface area (Å²) in [7, 11) is 0. The van der Waals surface area contributed by atoms with E-state index in [2.05, 4.69) is 32.2 Å². The van der Waals surface area contributed by atoms with Gasteiger partial charge in [-0.2, -0.15) is 4.98 Å². The molecule has 1 aromatic carbocycles. The molecule has 2 fully saturated rings. The van der Waals surface area contributed by atoms with Crippen LogP contribution in [0, 0.1) is 0 Å². The van der Waals surface area contributed by atoms with Crippen molar-refractivity contribution in [2.24, 2.45) is 0 Å². The van der Waals surface area contributed by atoms with Crippen molar-refractivity contribution < 1.29 is 14.2 Å². The lowest BCUT2D eigenvalue weighted by atomic mass is 10.0. The summed E-state index contributed by atoms with van der Waals surface area (Å²) in [6.07, 6.45) is 4.04. The third-order valence-electron chi connectivity index (χ3n) is 5.89. The average molecular weight is 412 g/mol. The largest absolute Gasteiger partial charge is 0.486 e. The lowest BCUT2D eigenvalue weighted by Crippen LogP contribution is -2.39. The van der Waals surface area contributed by atoms with Gasteiger partial charge in [0.15, 0.2) is 11.5 Å². The van der Waals surface area contributed by atoms with Gasteiger partial charge in [-0.3, -0.25) is 4.90 Å². The predicted octanol–water partition coefficient (Wildman–Crippen LogP) is 2.16. The van der Waals surface area contributed by atoms with Crippen LogP contribution in [0.5, 0.6) is 11.5 Å². The molecule has 0 aliphatic carbocycles. The highest BCUT2D eigenvalue weighted by Gasteiger charge is 2.21. The predicted molar refractivity (Wildman–Crippen MR) is 114 cm³/mol. The number of aromatic nitrogens is 2. The molecule has 0 atom stereocenters. The van der Waals surface area contributed by atoms with Gasteiger partial charge >= 0.3 is 0 Å². The Hall–Kier alpha value is -2.58. The molecule has 4 heterocycles. The maximum absolute atomic E-state index is 5.71. The highest BCUT2D eigenvalue weighted by atomic mass is 16.6. The van der Waals surface area contributed by atoms with Crippen LogP contribution in [0.1, 0.15) is 18.4 Å². The Kier molecular flexibility index (Phi) is 5.85. The number of rotatable bonds is 5. The zero-order valence-electron chi connectivity index (χ0n) is 17.3. The molecule has 5 rings (SSSR count). The third-order valence-corrected chi connectivity index (χ3v) is 5.89. The molecule has 3 aliphatic rings. The molecule has 0 spiro atoms. The zero-order chi connectivity index (χ0) is 20.2. The molecule has 160 valence electrons. The number of hydrogen-bond acceptors (Lipinski definition) is 8. The van der Waals surface area contributed by atoms with Crippen molar-refractivity contribution in [3.8, 4) is 11.5 Å². The second-order valence-corrected chi connectivity index (χ2v) is 8.01. The second-order valence-electron chi connectivity index (χ2n) is 8.01. The lowest BCUT2D eigenvalue weighted by Gasteiger charge is -2.33. The zero-order valence-corrected chi connectivity index (χ0v) is 17.3. The minimum Gasteiger partial charge on any atom is -0.486 e. The number of anilines is 2. The van der Waals surface area contributed by atoms with Crippen molar-refractivity contribution in [2.45, 2.75) is 25.4 Å². The van der Waals surface area contributed by atoms with Gasteiger partial charge in [-0.05, 0) is 36.6 Å². The van der Waals surface area contributed by atoms with E-state index in [0.29, 0.717) is 19.3 Å². The number of piperidine rings is 1. The minimum atomic E-state index is 0.439.